The number of aliphatic imine (C=N–C) groups is 1. The first-order valence-corrected chi connectivity index (χ1v) is 6.92. The Balaban J connectivity index is 1.84. The second kappa shape index (κ2) is 6.10. The Morgan fingerprint density at radius 1 is 0.864 bits per heavy atom. The van der Waals surface area contributed by atoms with E-state index in [0.29, 0.717) is 17.1 Å². The third kappa shape index (κ3) is 3.12. The minimum absolute atomic E-state index is 0.170. The molecule has 0 heterocycles. The standard InChI is InChI=1S/C18H15N3O/c19-15-11-17(21-14-9-5-2-6-10-14)18(22)12-16(15)20-13-7-3-1-4-8-13/h1-12,20H,19H2. The highest BCUT2D eigenvalue weighted by atomic mass is 16.1. The van der Waals surface area contributed by atoms with Gasteiger partial charge in [0, 0.05) is 11.8 Å². The normalized spacial score (nSPS) is 16.2. The van der Waals surface area contributed by atoms with E-state index in [1.54, 1.807) is 6.08 Å². The van der Waals surface area contributed by atoms with Gasteiger partial charge in [0.15, 0.2) is 0 Å². The van der Waals surface area contributed by atoms with E-state index in [1.807, 2.05) is 60.7 Å². The lowest BCUT2D eigenvalue weighted by atomic mass is 10.1. The van der Waals surface area contributed by atoms with E-state index in [4.69, 9.17) is 5.73 Å². The number of carbonyl (C=O) groups is 1. The van der Waals surface area contributed by atoms with Gasteiger partial charge >= 0.3 is 0 Å². The Labute approximate surface area is 128 Å². The summed E-state index contributed by atoms with van der Waals surface area (Å²) in [7, 11) is 0. The van der Waals surface area contributed by atoms with Crippen LogP contribution in [0.25, 0.3) is 0 Å². The summed E-state index contributed by atoms with van der Waals surface area (Å²) in [6.45, 7) is 0. The van der Waals surface area contributed by atoms with E-state index in [1.165, 1.54) is 6.08 Å². The molecule has 1 aliphatic carbocycles. The average molecular weight is 289 g/mol. The van der Waals surface area contributed by atoms with Crippen molar-refractivity contribution in [2.24, 2.45) is 10.7 Å². The summed E-state index contributed by atoms with van der Waals surface area (Å²) in [4.78, 5) is 16.5. The molecule has 1 aliphatic rings. The zero-order valence-electron chi connectivity index (χ0n) is 11.9. The maximum absolute atomic E-state index is 12.2. The van der Waals surface area contributed by atoms with Gasteiger partial charge in [0.2, 0.25) is 5.78 Å². The van der Waals surface area contributed by atoms with Crippen molar-refractivity contribution >= 4 is 22.9 Å². The number of anilines is 1. The molecule has 0 saturated heterocycles. The van der Waals surface area contributed by atoms with Gasteiger partial charge in [-0.25, -0.2) is 4.99 Å². The number of nitrogens with one attached hydrogen (secondary N) is 1. The number of benzene rings is 2. The molecule has 0 aromatic heterocycles. The largest absolute Gasteiger partial charge is 0.397 e. The van der Waals surface area contributed by atoms with Gasteiger partial charge < -0.3 is 11.1 Å². The number of nitrogens with two attached hydrogens (primary N) is 1. The molecule has 108 valence electrons. The molecule has 3 N–H and O–H groups in total. The van der Waals surface area contributed by atoms with Gasteiger partial charge in [0.25, 0.3) is 0 Å². The first-order valence-electron chi connectivity index (χ1n) is 6.92. The molecule has 0 atom stereocenters. The van der Waals surface area contributed by atoms with Crippen molar-refractivity contribution in [3.05, 3.63) is 84.2 Å². The number of rotatable bonds is 3. The number of carbonyl (C=O) groups excluding carboxylic acids is 1. The van der Waals surface area contributed by atoms with Gasteiger partial charge in [-0.15, -0.1) is 0 Å². The lowest BCUT2D eigenvalue weighted by Crippen LogP contribution is -2.22. The maximum atomic E-state index is 12.2. The second-order valence-corrected chi connectivity index (χ2v) is 4.85. The average Bonchev–Trinajstić information content (AvgIpc) is 2.54. The number of allylic oxidation sites excluding steroid dienone is 2. The quantitative estimate of drug-likeness (QED) is 0.853. The summed E-state index contributed by atoms with van der Waals surface area (Å²) in [5, 5.41) is 3.14. The minimum atomic E-state index is -0.170. The summed E-state index contributed by atoms with van der Waals surface area (Å²) < 4.78 is 0. The molecule has 2 aromatic rings. The highest BCUT2D eigenvalue weighted by Gasteiger charge is 2.17. The van der Waals surface area contributed by atoms with Crippen LogP contribution in [-0.2, 0) is 4.79 Å². The third-order valence-corrected chi connectivity index (χ3v) is 3.19. The lowest BCUT2D eigenvalue weighted by Gasteiger charge is -2.15. The van der Waals surface area contributed by atoms with Crippen molar-refractivity contribution in [3.8, 4) is 0 Å². The van der Waals surface area contributed by atoms with Crippen LogP contribution in [-0.4, -0.2) is 11.5 Å². The number of para-hydroxylation sites is 2. The number of hydrogen-bond donors (Lipinski definition) is 2. The fraction of sp³-hybridized carbons (Fsp3) is 0. The Kier molecular flexibility index (Phi) is 3.83. The van der Waals surface area contributed by atoms with Gasteiger partial charge in [-0.05, 0) is 30.3 Å². The predicted molar refractivity (Wildman–Crippen MR) is 89.0 cm³/mol. The fourth-order valence-electron chi connectivity index (χ4n) is 2.10. The topological polar surface area (TPSA) is 67.5 Å². The maximum Gasteiger partial charge on any atom is 0.206 e. The van der Waals surface area contributed by atoms with Gasteiger partial charge in [-0.2, -0.15) is 0 Å². The SMILES string of the molecule is NC1=CC(=Nc2ccccc2)C(=O)C=C1Nc1ccccc1. The second-order valence-electron chi connectivity index (χ2n) is 4.85. The van der Waals surface area contributed by atoms with E-state index < -0.39 is 0 Å². The molecule has 2 aromatic carbocycles. The Morgan fingerprint density at radius 2 is 1.50 bits per heavy atom. The summed E-state index contributed by atoms with van der Waals surface area (Å²) in [5.74, 6) is -0.170. The molecule has 0 saturated carbocycles. The van der Waals surface area contributed by atoms with Crippen molar-refractivity contribution in [3.63, 3.8) is 0 Å². The Morgan fingerprint density at radius 3 is 2.18 bits per heavy atom. The summed E-state index contributed by atoms with van der Waals surface area (Å²) in [6, 6.07) is 18.9. The molecule has 22 heavy (non-hydrogen) atoms. The molecular weight excluding hydrogens is 274 g/mol. The van der Waals surface area contributed by atoms with Gasteiger partial charge in [0.1, 0.15) is 5.71 Å². The van der Waals surface area contributed by atoms with Gasteiger partial charge in [0.05, 0.1) is 17.1 Å². The first-order chi connectivity index (χ1) is 10.7. The van der Waals surface area contributed by atoms with E-state index in [0.717, 1.165) is 11.4 Å². The molecule has 0 fully saturated rings. The summed E-state index contributed by atoms with van der Waals surface area (Å²) in [6.07, 6.45) is 3.07. The molecule has 0 aliphatic heterocycles. The van der Waals surface area contributed by atoms with Crippen LogP contribution in [0.15, 0.2) is 89.2 Å². The van der Waals surface area contributed by atoms with Crippen molar-refractivity contribution in [1.29, 1.82) is 0 Å². The minimum Gasteiger partial charge on any atom is -0.397 e. The van der Waals surface area contributed by atoms with Crippen LogP contribution in [0.4, 0.5) is 11.4 Å². The highest BCUT2D eigenvalue weighted by molar-refractivity contribution is 6.49. The number of hydrogen-bond acceptors (Lipinski definition) is 4. The molecule has 0 radical (unpaired) electrons. The highest BCUT2D eigenvalue weighted by Crippen LogP contribution is 2.18. The molecule has 0 spiro atoms. The van der Waals surface area contributed by atoms with Crippen LogP contribution in [0, 0.1) is 0 Å². The predicted octanol–water partition coefficient (Wildman–Crippen LogP) is 3.18. The molecule has 4 nitrogen and oxygen atoms in total. The molecule has 3 rings (SSSR count). The number of nitrogens with zero attached hydrogens (tertiary/aromatic N) is 1. The van der Waals surface area contributed by atoms with Crippen LogP contribution in [0.1, 0.15) is 0 Å². The van der Waals surface area contributed by atoms with E-state index >= 15 is 0 Å². The zero-order valence-corrected chi connectivity index (χ0v) is 11.9. The fourth-order valence-corrected chi connectivity index (χ4v) is 2.10. The molecular formula is C18H15N3O. The molecule has 0 unspecified atom stereocenters. The first kappa shape index (κ1) is 13.8. The van der Waals surface area contributed by atoms with E-state index in [2.05, 4.69) is 10.3 Å². The lowest BCUT2D eigenvalue weighted by molar-refractivity contribution is -0.108. The van der Waals surface area contributed by atoms with Crippen LogP contribution < -0.4 is 11.1 Å². The van der Waals surface area contributed by atoms with Crippen molar-refractivity contribution < 1.29 is 4.79 Å². The summed E-state index contributed by atoms with van der Waals surface area (Å²) >= 11 is 0. The van der Waals surface area contributed by atoms with Crippen LogP contribution >= 0.6 is 0 Å². The monoisotopic (exact) mass is 289 g/mol. The van der Waals surface area contributed by atoms with Crippen molar-refractivity contribution in [2.45, 2.75) is 0 Å². The Bertz CT molecular complexity index is 774. The van der Waals surface area contributed by atoms with Gasteiger partial charge in [-0.1, -0.05) is 36.4 Å². The van der Waals surface area contributed by atoms with Crippen LogP contribution in [0.5, 0.6) is 0 Å². The Hall–Kier alpha value is -3.14. The summed E-state index contributed by atoms with van der Waals surface area (Å²) in [5.41, 5.74) is 9.04. The molecule has 0 bridgehead atoms. The molecule has 0 amide bonds. The van der Waals surface area contributed by atoms with Crippen molar-refractivity contribution in [1.82, 2.24) is 0 Å². The van der Waals surface area contributed by atoms with Crippen LogP contribution in [0.3, 0.4) is 0 Å². The van der Waals surface area contributed by atoms with E-state index in [-0.39, 0.29) is 5.78 Å². The zero-order chi connectivity index (χ0) is 15.4. The third-order valence-electron chi connectivity index (χ3n) is 3.19. The van der Waals surface area contributed by atoms with Crippen molar-refractivity contribution in [2.75, 3.05) is 5.32 Å². The van der Waals surface area contributed by atoms with Gasteiger partial charge in [-0.3, -0.25) is 4.79 Å². The smallest absolute Gasteiger partial charge is 0.206 e. The molecule has 4 heteroatoms. The van der Waals surface area contributed by atoms with E-state index in [9.17, 15) is 4.79 Å². The number of ketones is 1. The van der Waals surface area contributed by atoms with Crippen LogP contribution in [0.2, 0.25) is 0 Å².